The second-order valence-electron chi connectivity index (χ2n) is 7.10. The fraction of sp³-hybridized carbons (Fsp3) is 0.941. The first-order valence-corrected chi connectivity index (χ1v) is 8.67. The Balaban J connectivity index is 0.00000242. The Bertz CT molecular complexity index is 327. The first-order valence-electron chi connectivity index (χ1n) is 8.67. The van der Waals surface area contributed by atoms with Gasteiger partial charge in [0.2, 0.25) is 5.91 Å². The van der Waals surface area contributed by atoms with E-state index in [0.29, 0.717) is 13.0 Å². The van der Waals surface area contributed by atoms with E-state index < -0.39 is 0 Å². The van der Waals surface area contributed by atoms with E-state index in [0.717, 1.165) is 57.8 Å². The van der Waals surface area contributed by atoms with Gasteiger partial charge >= 0.3 is 0 Å². The van der Waals surface area contributed by atoms with Crippen molar-refractivity contribution in [1.82, 2.24) is 4.90 Å². The van der Waals surface area contributed by atoms with Crippen molar-refractivity contribution in [1.29, 1.82) is 0 Å². The van der Waals surface area contributed by atoms with Crippen molar-refractivity contribution in [2.24, 2.45) is 17.1 Å². The lowest BCUT2D eigenvalue weighted by atomic mass is 9.71. The Morgan fingerprint density at radius 1 is 1.23 bits per heavy atom. The summed E-state index contributed by atoms with van der Waals surface area (Å²) in [7, 11) is 1.95. The normalized spacial score (nSPS) is 21.9. The summed E-state index contributed by atoms with van der Waals surface area (Å²) < 4.78 is 5.39. The van der Waals surface area contributed by atoms with Crippen molar-refractivity contribution < 1.29 is 9.53 Å². The molecule has 2 rings (SSSR count). The molecule has 1 saturated carbocycles. The van der Waals surface area contributed by atoms with Gasteiger partial charge in [-0.1, -0.05) is 19.3 Å². The summed E-state index contributed by atoms with van der Waals surface area (Å²) in [6.07, 6.45) is 10.1. The lowest BCUT2D eigenvalue weighted by molar-refractivity contribution is -0.133. The quantitative estimate of drug-likeness (QED) is 0.813. The number of nitrogens with zero attached hydrogens (tertiary/aromatic N) is 1. The zero-order valence-electron chi connectivity index (χ0n) is 14.0. The van der Waals surface area contributed by atoms with Gasteiger partial charge in [-0.2, -0.15) is 0 Å². The molecule has 0 aromatic rings. The second kappa shape index (κ2) is 9.74. The molecule has 0 bridgehead atoms. The smallest absolute Gasteiger partial charge is 0.222 e. The molecule has 2 N–H and O–H groups in total. The lowest BCUT2D eigenvalue weighted by Gasteiger charge is -2.37. The van der Waals surface area contributed by atoms with Crippen LogP contribution in [-0.4, -0.2) is 44.2 Å². The average molecular weight is 333 g/mol. The summed E-state index contributed by atoms with van der Waals surface area (Å²) in [5.74, 6) is 1.02. The van der Waals surface area contributed by atoms with E-state index in [1.54, 1.807) is 0 Å². The number of hydrogen-bond donors (Lipinski definition) is 1. The molecule has 5 heteroatoms. The molecule has 1 saturated heterocycles. The molecule has 1 heterocycles. The van der Waals surface area contributed by atoms with E-state index >= 15 is 0 Å². The van der Waals surface area contributed by atoms with Crippen LogP contribution in [0.25, 0.3) is 0 Å². The van der Waals surface area contributed by atoms with Crippen LogP contribution < -0.4 is 5.73 Å². The first-order chi connectivity index (χ1) is 10.2. The second-order valence-corrected chi connectivity index (χ2v) is 7.10. The molecule has 0 atom stereocenters. The molecule has 0 radical (unpaired) electrons. The molecule has 2 aliphatic rings. The number of carbonyl (C=O) groups is 1. The molecule has 1 aliphatic carbocycles. The monoisotopic (exact) mass is 332 g/mol. The zero-order valence-corrected chi connectivity index (χ0v) is 14.8. The van der Waals surface area contributed by atoms with Gasteiger partial charge in [-0.3, -0.25) is 4.79 Å². The molecule has 0 aromatic carbocycles. The molecule has 1 aliphatic heterocycles. The third kappa shape index (κ3) is 5.71. The number of halogens is 1. The fourth-order valence-electron chi connectivity index (χ4n) is 3.75. The Morgan fingerprint density at radius 3 is 2.45 bits per heavy atom. The topological polar surface area (TPSA) is 55.6 Å². The van der Waals surface area contributed by atoms with E-state index in [1.807, 2.05) is 11.9 Å². The number of nitrogens with two attached hydrogens (primary N) is 1. The molecule has 0 unspecified atom stereocenters. The van der Waals surface area contributed by atoms with Gasteiger partial charge in [-0.05, 0) is 50.0 Å². The fourth-order valence-corrected chi connectivity index (χ4v) is 3.75. The van der Waals surface area contributed by atoms with Gasteiger partial charge in [-0.25, -0.2) is 0 Å². The summed E-state index contributed by atoms with van der Waals surface area (Å²) >= 11 is 0. The maximum atomic E-state index is 12.5. The van der Waals surface area contributed by atoms with Crippen LogP contribution in [-0.2, 0) is 9.53 Å². The van der Waals surface area contributed by atoms with Crippen molar-refractivity contribution >= 4 is 18.3 Å². The number of carbonyl (C=O) groups excluding carboxylic acids is 1. The SMILES string of the molecule is CN(CCC1CCOCC1)C(=O)CC1(CN)CCCCC1.Cl. The molecule has 0 aromatic heterocycles. The van der Waals surface area contributed by atoms with Crippen LogP contribution in [0, 0.1) is 11.3 Å². The highest BCUT2D eigenvalue weighted by Gasteiger charge is 2.33. The highest BCUT2D eigenvalue weighted by molar-refractivity contribution is 5.85. The first kappa shape index (κ1) is 19.7. The summed E-state index contributed by atoms with van der Waals surface area (Å²) in [5.41, 5.74) is 6.08. The Morgan fingerprint density at radius 2 is 1.86 bits per heavy atom. The van der Waals surface area contributed by atoms with E-state index in [1.165, 1.54) is 19.3 Å². The minimum Gasteiger partial charge on any atom is -0.381 e. The van der Waals surface area contributed by atoms with Gasteiger partial charge in [0, 0.05) is 33.2 Å². The maximum Gasteiger partial charge on any atom is 0.222 e. The van der Waals surface area contributed by atoms with Crippen LogP contribution in [0.4, 0.5) is 0 Å². The lowest BCUT2D eigenvalue weighted by Crippen LogP contribution is -2.39. The predicted molar refractivity (Wildman–Crippen MR) is 92.2 cm³/mol. The van der Waals surface area contributed by atoms with Gasteiger partial charge in [0.1, 0.15) is 0 Å². The van der Waals surface area contributed by atoms with E-state index in [4.69, 9.17) is 10.5 Å². The van der Waals surface area contributed by atoms with Crippen molar-refractivity contribution in [2.75, 3.05) is 33.4 Å². The minimum atomic E-state index is 0. The minimum absolute atomic E-state index is 0. The Labute approximate surface area is 141 Å². The molecular formula is C17H33ClN2O2. The molecule has 130 valence electrons. The van der Waals surface area contributed by atoms with Crippen molar-refractivity contribution in [3.8, 4) is 0 Å². The van der Waals surface area contributed by atoms with Crippen molar-refractivity contribution in [3.63, 3.8) is 0 Å². The van der Waals surface area contributed by atoms with Crippen LogP contribution in [0.1, 0.15) is 57.8 Å². The average Bonchev–Trinajstić information content (AvgIpc) is 2.54. The van der Waals surface area contributed by atoms with Gasteiger partial charge in [-0.15, -0.1) is 12.4 Å². The highest BCUT2D eigenvalue weighted by Crippen LogP contribution is 2.38. The van der Waals surface area contributed by atoms with E-state index in [2.05, 4.69) is 0 Å². The van der Waals surface area contributed by atoms with Crippen molar-refractivity contribution in [2.45, 2.75) is 57.8 Å². The standard InChI is InChI=1S/C17H32N2O2.ClH/c1-19(10-5-15-6-11-21-12-7-15)16(20)13-17(14-18)8-3-2-4-9-17;/h15H,2-14,18H2,1H3;1H. The van der Waals surface area contributed by atoms with Crippen molar-refractivity contribution in [3.05, 3.63) is 0 Å². The van der Waals surface area contributed by atoms with Gasteiger partial charge in [0.25, 0.3) is 0 Å². The molecule has 22 heavy (non-hydrogen) atoms. The van der Waals surface area contributed by atoms with Gasteiger partial charge < -0.3 is 15.4 Å². The molecular weight excluding hydrogens is 300 g/mol. The summed E-state index contributed by atoms with van der Waals surface area (Å²) in [5, 5.41) is 0. The summed E-state index contributed by atoms with van der Waals surface area (Å²) in [4.78, 5) is 14.4. The van der Waals surface area contributed by atoms with Gasteiger partial charge in [0.05, 0.1) is 0 Å². The third-order valence-electron chi connectivity index (χ3n) is 5.51. The summed E-state index contributed by atoms with van der Waals surface area (Å²) in [6, 6.07) is 0. The zero-order chi connectivity index (χ0) is 15.1. The van der Waals surface area contributed by atoms with Crippen LogP contribution in [0.2, 0.25) is 0 Å². The Hall–Kier alpha value is -0.320. The molecule has 1 amide bonds. The van der Waals surface area contributed by atoms with Crippen LogP contribution in [0.5, 0.6) is 0 Å². The maximum absolute atomic E-state index is 12.5. The highest BCUT2D eigenvalue weighted by atomic mass is 35.5. The summed E-state index contributed by atoms with van der Waals surface area (Å²) in [6.45, 7) is 3.31. The number of rotatable bonds is 6. The van der Waals surface area contributed by atoms with Gasteiger partial charge in [0.15, 0.2) is 0 Å². The third-order valence-corrected chi connectivity index (χ3v) is 5.51. The van der Waals surface area contributed by atoms with E-state index in [9.17, 15) is 4.79 Å². The molecule has 4 nitrogen and oxygen atoms in total. The largest absolute Gasteiger partial charge is 0.381 e. The predicted octanol–water partition coefficient (Wildman–Crippen LogP) is 2.98. The van der Waals surface area contributed by atoms with Crippen LogP contribution >= 0.6 is 12.4 Å². The number of amides is 1. The van der Waals surface area contributed by atoms with E-state index in [-0.39, 0.29) is 23.7 Å². The van der Waals surface area contributed by atoms with Crippen LogP contribution in [0.15, 0.2) is 0 Å². The molecule has 2 fully saturated rings. The Kier molecular flexibility index (Phi) is 8.73. The molecule has 0 spiro atoms. The number of hydrogen-bond acceptors (Lipinski definition) is 3. The number of ether oxygens (including phenoxy) is 1. The van der Waals surface area contributed by atoms with Crippen LogP contribution in [0.3, 0.4) is 0 Å².